The molecule has 3 aromatic rings. The summed E-state index contributed by atoms with van der Waals surface area (Å²) >= 11 is 5.55. The molecule has 23 heavy (non-hydrogen) atoms. The molecule has 2 aromatic carbocycles. The Balaban J connectivity index is 1.97. The highest BCUT2D eigenvalue weighted by molar-refractivity contribution is 7.71. The van der Waals surface area contributed by atoms with Gasteiger partial charge in [0.1, 0.15) is 0 Å². The highest BCUT2D eigenvalue weighted by Crippen LogP contribution is 2.30. The standard InChI is InChI=1S/C19H19N3S/c1-13-7-2-4-10-15(13)18-20-21-19(23)22(18)17-12-6-9-14-8-3-5-11-16(14)17/h2,4,6-7,9-10,12H,3,5,8,11H2,1H3,(H,21,23). The van der Waals surface area contributed by atoms with Gasteiger partial charge in [-0.2, -0.15) is 5.10 Å². The molecule has 1 aliphatic rings. The molecule has 0 spiro atoms. The Morgan fingerprint density at radius 2 is 1.87 bits per heavy atom. The van der Waals surface area contributed by atoms with Crippen LogP contribution in [0.25, 0.3) is 17.1 Å². The molecule has 1 heterocycles. The molecule has 1 N–H and O–H groups in total. The second-order valence-electron chi connectivity index (χ2n) is 6.12. The van der Waals surface area contributed by atoms with Gasteiger partial charge in [-0.15, -0.1) is 0 Å². The van der Waals surface area contributed by atoms with E-state index in [2.05, 4.69) is 58.1 Å². The number of rotatable bonds is 2. The molecule has 0 unspecified atom stereocenters. The van der Waals surface area contributed by atoms with Gasteiger partial charge in [-0.3, -0.25) is 9.67 Å². The summed E-state index contributed by atoms with van der Waals surface area (Å²) in [7, 11) is 0. The molecular weight excluding hydrogens is 302 g/mol. The number of benzene rings is 2. The zero-order chi connectivity index (χ0) is 15.8. The fourth-order valence-electron chi connectivity index (χ4n) is 3.50. The van der Waals surface area contributed by atoms with E-state index < -0.39 is 0 Å². The van der Waals surface area contributed by atoms with Gasteiger partial charge < -0.3 is 0 Å². The minimum Gasteiger partial charge on any atom is -0.268 e. The normalized spacial score (nSPS) is 13.8. The van der Waals surface area contributed by atoms with Crippen molar-refractivity contribution in [1.29, 1.82) is 0 Å². The van der Waals surface area contributed by atoms with Crippen LogP contribution in [-0.2, 0) is 12.8 Å². The van der Waals surface area contributed by atoms with E-state index in [1.54, 1.807) is 0 Å². The first-order valence-electron chi connectivity index (χ1n) is 8.10. The molecule has 116 valence electrons. The van der Waals surface area contributed by atoms with Gasteiger partial charge in [0, 0.05) is 5.56 Å². The Morgan fingerprint density at radius 1 is 1.04 bits per heavy atom. The molecule has 3 nitrogen and oxygen atoms in total. The molecule has 4 heteroatoms. The summed E-state index contributed by atoms with van der Waals surface area (Å²) in [5.74, 6) is 0.895. The number of hydrogen-bond donors (Lipinski definition) is 1. The SMILES string of the molecule is Cc1ccccc1-c1n[nH]c(=S)n1-c1cccc2c1CCCC2. The van der Waals surface area contributed by atoms with Crippen LogP contribution in [0.5, 0.6) is 0 Å². The zero-order valence-electron chi connectivity index (χ0n) is 13.2. The van der Waals surface area contributed by atoms with Gasteiger partial charge in [-0.1, -0.05) is 36.4 Å². The fraction of sp³-hybridized carbons (Fsp3) is 0.263. The molecule has 4 rings (SSSR count). The maximum absolute atomic E-state index is 5.55. The number of nitrogens with one attached hydrogen (secondary N) is 1. The van der Waals surface area contributed by atoms with Crippen molar-refractivity contribution >= 4 is 12.2 Å². The number of hydrogen-bond acceptors (Lipinski definition) is 2. The van der Waals surface area contributed by atoms with Crippen molar-refractivity contribution in [1.82, 2.24) is 14.8 Å². The van der Waals surface area contributed by atoms with Gasteiger partial charge in [0.2, 0.25) is 0 Å². The van der Waals surface area contributed by atoms with Gasteiger partial charge >= 0.3 is 0 Å². The van der Waals surface area contributed by atoms with Crippen molar-refractivity contribution in [3.8, 4) is 17.1 Å². The van der Waals surface area contributed by atoms with E-state index in [4.69, 9.17) is 12.2 Å². The average Bonchev–Trinajstić information content (AvgIpc) is 2.96. The molecular formula is C19H19N3S. The largest absolute Gasteiger partial charge is 0.268 e. The molecule has 1 aromatic heterocycles. The topological polar surface area (TPSA) is 33.6 Å². The maximum Gasteiger partial charge on any atom is 0.200 e. The van der Waals surface area contributed by atoms with Crippen molar-refractivity contribution in [2.45, 2.75) is 32.6 Å². The first-order valence-corrected chi connectivity index (χ1v) is 8.51. The highest BCUT2D eigenvalue weighted by Gasteiger charge is 2.18. The van der Waals surface area contributed by atoms with Gasteiger partial charge in [-0.05, 0) is 67.6 Å². The lowest BCUT2D eigenvalue weighted by atomic mass is 9.90. The van der Waals surface area contributed by atoms with Crippen LogP contribution < -0.4 is 0 Å². The lowest BCUT2D eigenvalue weighted by Crippen LogP contribution is -2.09. The van der Waals surface area contributed by atoms with Crippen LogP contribution in [0.15, 0.2) is 42.5 Å². The second kappa shape index (κ2) is 5.78. The summed E-state index contributed by atoms with van der Waals surface area (Å²) in [6.45, 7) is 2.11. The van der Waals surface area contributed by atoms with Crippen molar-refractivity contribution in [3.05, 3.63) is 63.9 Å². The van der Waals surface area contributed by atoms with Crippen LogP contribution in [0.3, 0.4) is 0 Å². The van der Waals surface area contributed by atoms with Crippen LogP contribution in [0.1, 0.15) is 29.5 Å². The Kier molecular flexibility index (Phi) is 3.62. The molecule has 0 radical (unpaired) electrons. The first-order chi connectivity index (χ1) is 11.3. The molecule has 1 aliphatic carbocycles. The summed E-state index contributed by atoms with van der Waals surface area (Å²) in [6, 6.07) is 14.9. The van der Waals surface area contributed by atoms with Crippen LogP contribution in [0.4, 0.5) is 0 Å². The van der Waals surface area contributed by atoms with Gasteiger partial charge in [0.25, 0.3) is 0 Å². The van der Waals surface area contributed by atoms with Crippen LogP contribution in [-0.4, -0.2) is 14.8 Å². The van der Waals surface area contributed by atoms with Crippen molar-refractivity contribution < 1.29 is 0 Å². The minimum atomic E-state index is 0.655. The van der Waals surface area contributed by atoms with E-state index in [0.29, 0.717) is 4.77 Å². The lowest BCUT2D eigenvalue weighted by molar-refractivity contribution is 0.681. The fourth-order valence-corrected chi connectivity index (χ4v) is 3.73. The summed E-state index contributed by atoms with van der Waals surface area (Å²) in [5.41, 5.74) is 6.37. The summed E-state index contributed by atoms with van der Waals surface area (Å²) < 4.78 is 2.75. The number of aromatic amines is 1. The Bertz CT molecular complexity index is 920. The highest BCUT2D eigenvalue weighted by atomic mass is 32.1. The van der Waals surface area contributed by atoms with Crippen molar-refractivity contribution in [3.63, 3.8) is 0 Å². The molecule has 0 aliphatic heterocycles. The predicted octanol–water partition coefficient (Wildman–Crippen LogP) is 4.78. The Morgan fingerprint density at radius 3 is 2.74 bits per heavy atom. The maximum atomic E-state index is 5.55. The quantitative estimate of drug-likeness (QED) is 0.689. The summed E-state index contributed by atoms with van der Waals surface area (Å²) in [6.07, 6.45) is 4.80. The third-order valence-electron chi connectivity index (χ3n) is 4.67. The van der Waals surface area contributed by atoms with Gasteiger partial charge in [0.15, 0.2) is 10.6 Å². The molecule has 0 bridgehead atoms. The molecule has 0 atom stereocenters. The number of nitrogens with zero attached hydrogens (tertiary/aromatic N) is 2. The predicted molar refractivity (Wildman–Crippen MR) is 95.6 cm³/mol. The number of fused-ring (bicyclic) bond motifs is 1. The van der Waals surface area contributed by atoms with E-state index in [1.165, 1.54) is 35.2 Å². The third kappa shape index (κ3) is 2.43. The van der Waals surface area contributed by atoms with E-state index in [9.17, 15) is 0 Å². The minimum absolute atomic E-state index is 0.655. The number of aryl methyl sites for hydroxylation is 2. The molecule has 0 saturated heterocycles. The number of H-pyrrole nitrogens is 1. The third-order valence-corrected chi connectivity index (χ3v) is 4.94. The van der Waals surface area contributed by atoms with Gasteiger partial charge in [0.05, 0.1) is 5.69 Å². The Hall–Kier alpha value is -2.20. The van der Waals surface area contributed by atoms with Crippen molar-refractivity contribution in [2.24, 2.45) is 0 Å². The smallest absolute Gasteiger partial charge is 0.200 e. The van der Waals surface area contributed by atoms with Crippen LogP contribution >= 0.6 is 12.2 Å². The first kappa shape index (κ1) is 14.4. The lowest BCUT2D eigenvalue weighted by Gasteiger charge is -2.20. The summed E-state index contributed by atoms with van der Waals surface area (Å²) in [4.78, 5) is 0. The van der Waals surface area contributed by atoms with E-state index >= 15 is 0 Å². The second-order valence-corrected chi connectivity index (χ2v) is 6.51. The Labute approximate surface area is 141 Å². The average molecular weight is 321 g/mol. The monoisotopic (exact) mass is 321 g/mol. The van der Waals surface area contributed by atoms with Crippen molar-refractivity contribution in [2.75, 3.05) is 0 Å². The molecule has 0 saturated carbocycles. The number of aromatic nitrogens is 3. The van der Waals surface area contributed by atoms with E-state index in [0.717, 1.165) is 24.2 Å². The van der Waals surface area contributed by atoms with Crippen LogP contribution in [0.2, 0.25) is 0 Å². The van der Waals surface area contributed by atoms with Gasteiger partial charge in [-0.25, -0.2) is 0 Å². The summed E-state index contributed by atoms with van der Waals surface area (Å²) in [5, 5.41) is 7.50. The zero-order valence-corrected chi connectivity index (χ0v) is 14.0. The molecule has 0 amide bonds. The molecule has 0 fully saturated rings. The van der Waals surface area contributed by atoms with E-state index in [-0.39, 0.29) is 0 Å². The van der Waals surface area contributed by atoms with Crippen LogP contribution in [0, 0.1) is 11.7 Å². The van der Waals surface area contributed by atoms with E-state index in [1.807, 2.05) is 6.07 Å².